The standard InChI is InChI=1S/C24H20N2O4S3/c27-32(28,23-7-3-1-4-8-23)25-19-11-15-21(16-12-19)31-22-17-13-20(14-18-22)26-33(29,30)24-9-5-2-6-10-24/h1-18,25-26H. The Balaban J connectivity index is 1.39. The highest BCUT2D eigenvalue weighted by Gasteiger charge is 2.14. The number of hydrogen-bond donors (Lipinski definition) is 2. The van der Waals surface area contributed by atoms with Gasteiger partial charge in [0, 0.05) is 21.2 Å². The van der Waals surface area contributed by atoms with Crippen LogP contribution in [-0.2, 0) is 20.0 Å². The molecule has 168 valence electrons. The van der Waals surface area contributed by atoms with Gasteiger partial charge < -0.3 is 0 Å². The SMILES string of the molecule is O=S(=O)(Nc1ccc(Sc2ccc(NS(=O)(=O)c3ccccc3)cc2)cc1)c1ccccc1. The van der Waals surface area contributed by atoms with E-state index in [4.69, 9.17) is 0 Å². The van der Waals surface area contributed by atoms with Crippen molar-refractivity contribution in [2.45, 2.75) is 19.6 Å². The van der Waals surface area contributed by atoms with Crippen molar-refractivity contribution >= 4 is 43.2 Å². The van der Waals surface area contributed by atoms with Gasteiger partial charge in [0.05, 0.1) is 9.79 Å². The third kappa shape index (κ3) is 5.95. The number of sulfonamides is 2. The van der Waals surface area contributed by atoms with E-state index in [2.05, 4.69) is 9.44 Å². The van der Waals surface area contributed by atoms with E-state index in [0.717, 1.165) is 9.79 Å². The second-order valence-electron chi connectivity index (χ2n) is 6.99. The van der Waals surface area contributed by atoms with E-state index in [0.29, 0.717) is 11.4 Å². The van der Waals surface area contributed by atoms with Gasteiger partial charge in [-0.3, -0.25) is 9.44 Å². The van der Waals surface area contributed by atoms with E-state index >= 15 is 0 Å². The summed E-state index contributed by atoms with van der Waals surface area (Å²) >= 11 is 1.48. The Bertz CT molecular complexity index is 1310. The Morgan fingerprint density at radius 2 is 0.788 bits per heavy atom. The Morgan fingerprint density at radius 3 is 1.12 bits per heavy atom. The van der Waals surface area contributed by atoms with Crippen LogP contribution >= 0.6 is 11.8 Å². The molecule has 0 aliphatic carbocycles. The summed E-state index contributed by atoms with van der Waals surface area (Å²) in [5, 5.41) is 0. The van der Waals surface area contributed by atoms with Gasteiger partial charge in [0.15, 0.2) is 0 Å². The van der Waals surface area contributed by atoms with Crippen molar-refractivity contribution in [1.82, 2.24) is 0 Å². The van der Waals surface area contributed by atoms with Gasteiger partial charge in [0.25, 0.3) is 20.0 Å². The summed E-state index contributed by atoms with van der Waals surface area (Å²) in [7, 11) is -7.28. The number of rotatable bonds is 8. The van der Waals surface area contributed by atoms with Crippen LogP contribution < -0.4 is 9.44 Å². The Kier molecular flexibility index (Phi) is 6.73. The van der Waals surface area contributed by atoms with Gasteiger partial charge >= 0.3 is 0 Å². The van der Waals surface area contributed by atoms with Crippen molar-refractivity contribution in [3.05, 3.63) is 109 Å². The van der Waals surface area contributed by atoms with Crippen molar-refractivity contribution < 1.29 is 16.8 Å². The third-order valence-corrected chi connectivity index (χ3v) is 8.37. The summed E-state index contributed by atoms with van der Waals surface area (Å²) in [4.78, 5) is 2.23. The monoisotopic (exact) mass is 496 g/mol. The van der Waals surface area contributed by atoms with Crippen LogP contribution in [0.1, 0.15) is 0 Å². The van der Waals surface area contributed by atoms with Crippen LogP contribution in [0.2, 0.25) is 0 Å². The van der Waals surface area contributed by atoms with Crippen LogP contribution in [0.5, 0.6) is 0 Å². The lowest BCUT2D eigenvalue weighted by molar-refractivity contribution is 0.599. The molecule has 9 heteroatoms. The molecule has 0 bridgehead atoms. The second kappa shape index (κ2) is 9.70. The third-order valence-electron chi connectivity index (χ3n) is 4.56. The van der Waals surface area contributed by atoms with Crippen LogP contribution in [-0.4, -0.2) is 16.8 Å². The first-order valence-electron chi connectivity index (χ1n) is 9.86. The topological polar surface area (TPSA) is 92.3 Å². The number of nitrogens with one attached hydrogen (secondary N) is 2. The molecule has 0 aliphatic heterocycles. The second-order valence-corrected chi connectivity index (χ2v) is 11.5. The lowest BCUT2D eigenvalue weighted by Crippen LogP contribution is -2.12. The Morgan fingerprint density at radius 1 is 0.455 bits per heavy atom. The summed E-state index contributed by atoms with van der Waals surface area (Å²) in [5.41, 5.74) is 0.933. The van der Waals surface area contributed by atoms with E-state index in [-0.39, 0.29) is 9.79 Å². The first kappa shape index (κ1) is 22.9. The van der Waals surface area contributed by atoms with Gasteiger partial charge in [-0.2, -0.15) is 0 Å². The largest absolute Gasteiger partial charge is 0.280 e. The fraction of sp³-hybridized carbons (Fsp3) is 0. The molecule has 0 saturated heterocycles. The summed E-state index contributed by atoms with van der Waals surface area (Å²) in [6, 6.07) is 30.4. The zero-order valence-corrected chi connectivity index (χ0v) is 19.7. The number of benzene rings is 4. The molecule has 0 heterocycles. The smallest absolute Gasteiger partial charge is 0.261 e. The van der Waals surface area contributed by atoms with Gasteiger partial charge in [-0.15, -0.1) is 0 Å². The van der Waals surface area contributed by atoms with E-state index in [1.54, 1.807) is 60.7 Å². The minimum atomic E-state index is -3.64. The van der Waals surface area contributed by atoms with E-state index in [1.807, 2.05) is 24.3 Å². The minimum absolute atomic E-state index is 0.200. The molecule has 0 fully saturated rings. The first-order valence-corrected chi connectivity index (χ1v) is 13.6. The van der Waals surface area contributed by atoms with Gasteiger partial charge in [0.2, 0.25) is 0 Å². The normalized spacial score (nSPS) is 11.6. The summed E-state index contributed by atoms with van der Waals surface area (Å²) in [6.45, 7) is 0. The number of anilines is 2. The molecule has 4 aromatic rings. The molecule has 33 heavy (non-hydrogen) atoms. The lowest BCUT2D eigenvalue weighted by atomic mass is 10.3. The van der Waals surface area contributed by atoms with Crippen molar-refractivity contribution in [3.63, 3.8) is 0 Å². The first-order chi connectivity index (χ1) is 15.8. The zero-order valence-electron chi connectivity index (χ0n) is 17.3. The highest BCUT2D eigenvalue weighted by molar-refractivity contribution is 7.99. The summed E-state index contributed by atoms with van der Waals surface area (Å²) in [5.74, 6) is 0. The molecule has 2 N–H and O–H groups in total. The number of hydrogen-bond acceptors (Lipinski definition) is 5. The van der Waals surface area contributed by atoms with Crippen LogP contribution in [0.15, 0.2) is 129 Å². The van der Waals surface area contributed by atoms with Crippen LogP contribution in [0, 0.1) is 0 Å². The molecule has 0 atom stereocenters. The van der Waals surface area contributed by atoms with Crippen molar-refractivity contribution in [3.8, 4) is 0 Å². The molecular weight excluding hydrogens is 476 g/mol. The maximum absolute atomic E-state index is 12.4. The molecule has 0 unspecified atom stereocenters. The van der Waals surface area contributed by atoms with Crippen LogP contribution in [0.3, 0.4) is 0 Å². The van der Waals surface area contributed by atoms with Gasteiger partial charge in [-0.1, -0.05) is 48.2 Å². The minimum Gasteiger partial charge on any atom is -0.280 e. The van der Waals surface area contributed by atoms with Crippen LogP contribution in [0.25, 0.3) is 0 Å². The molecule has 4 aromatic carbocycles. The molecule has 0 aromatic heterocycles. The maximum atomic E-state index is 12.4. The van der Waals surface area contributed by atoms with Crippen molar-refractivity contribution in [2.75, 3.05) is 9.44 Å². The van der Waals surface area contributed by atoms with E-state index in [1.165, 1.54) is 36.0 Å². The quantitative estimate of drug-likeness (QED) is 0.339. The predicted octanol–water partition coefficient (Wildman–Crippen LogP) is 5.44. The molecule has 0 aliphatic rings. The fourth-order valence-electron chi connectivity index (χ4n) is 2.95. The summed E-state index contributed by atoms with van der Waals surface area (Å²) < 4.78 is 54.9. The molecule has 0 saturated carbocycles. The average molecular weight is 497 g/mol. The van der Waals surface area contributed by atoms with E-state index in [9.17, 15) is 16.8 Å². The van der Waals surface area contributed by atoms with Crippen LogP contribution in [0.4, 0.5) is 11.4 Å². The average Bonchev–Trinajstić information content (AvgIpc) is 2.82. The predicted molar refractivity (Wildman–Crippen MR) is 132 cm³/mol. The Labute approximate surface area is 197 Å². The van der Waals surface area contributed by atoms with Gasteiger partial charge in [-0.05, 0) is 72.8 Å². The lowest BCUT2D eigenvalue weighted by Gasteiger charge is -2.10. The molecule has 0 spiro atoms. The molecule has 4 rings (SSSR count). The molecule has 6 nitrogen and oxygen atoms in total. The molecular formula is C24H20N2O4S3. The fourth-order valence-corrected chi connectivity index (χ4v) is 5.92. The van der Waals surface area contributed by atoms with E-state index < -0.39 is 20.0 Å². The molecule has 0 amide bonds. The molecule has 0 radical (unpaired) electrons. The van der Waals surface area contributed by atoms with Crippen molar-refractivity contribution in [2.24, 2.45) is 0 Å². The van der Waals surface area contributed by atoms with Gasteiger partial charge in [-0.25, -0.2) is 16.8 Å². The Hall–Kier alpha value is -3.27. The highest BCUT2D eigenvalue weighted by atomic mass is 32.2. The highest BCUT2D eigenvalue weighted by Crippen LogP contribution is 2.30. The zero-order chi connectivity index (χ0) is 23.3. The summed E-state index contributed by atoms with van der Waals surface area (Å²) in [6.07, 6.45) is 0. The van der Waals surface area contributed by atoms with Crippen molar-refractivity contribution in [1.29, 1.82) is 0 Å². The van der Waals surface area contributed by atoms with Gasteiger partial charge in [0.1, 0.15) is 0 Å². The maximum Gasteiger partial charge on any atom is 0.261 e.